The van der Waals surface area contributed by atoms with E-state index in [1.807, 2.05) is 48.5 Å². The van der Waals surface area contributed by atoms with Crippen molar-refractivity contribution in [2.75, 3.05) is 26.8 Å². The number of hydrogen-bond acceptors (Lipinski definition) is 3. The molecule has 6 heteroatoms. The van der Waals surface area contributed by atoms with Gasteiger partial charge in [-0.1, -0.05) is 35.9 Å². The lowest BCUT2D eigenvalue weighted by molar-refractivity contribution is -0.0154. The van der Waals surface area contributed by atoms with Crippen LogP contribution in [0.2, 0.25) is 5.02 Å². The zero-order valence-corrected chi connectivity index (χ0v) is 14.8. The minimum atomic E-state index is -0.131. The third kappa shape index (κ3) is 4.65. The van der Waals surface area contributed by atoms with E-state index < -0.39 is 0 Å². The third-order valence-corrected chi connectivity index (χ3v) is 4.43. The van der Waals surface area contributed by atoms with Crippen LogP contribution < -0.4 is 10.1 Å². The van der Waals surface area contributed by atoms with E-state index in [0.717, 1.165) is 16.9 Å². The highest BCUT2D eigenvalue weighted by atomic mass is 35.5. The number of methoxy groups -OCH3 is 1. The molecule has 1 aliphatic rings. The summed E-state index contributed by atoms with van der Waals surface area (Å²) < 4.78 is 11.0. The number of hydrogen-bond donors (Lipinski definition) is 1. The van der Waals surface area contributed by atoms with E-state index in [0.29, 0.717) is 31.3 Å². The first-order valence-electron chi connectivity index (χ1n) is 8.18. The number of carbonyl (C=O) groups is 1. The summed E-state index contributed by atoms with van der Waals surface area (Å²) in [5, 5.41) is 3.64. The van der Waals surface area contributed by atoms with Crippen molar-refractivity contribution in [1.82, 2.24) is 10.2 Å². The molecule has 0 bridgehead atoms. The lowest BCUT2D eigenvalue weighted by Crippen LogP contribution is -2.46. The van der Waals surface area contributed by atoms with Gasteiger partial charge in [-0.15, -0.1) is 0 Å². The lowest BCUT2D eigenvalue weighted by Gasteiger charge is -2.33. The standard InChI is InChI=1S/C19H21ClN2O3/c1-24-17-4-2-3-14(11-17)12-21-19(23)22-9-10-25-18(13-22)15-5-7-16(20)8-6-15/h2-8,11,18H,9-10,12-13H2,1H3,(H,21,23). The minimum absolute atomic E-state index is 0.0925. The molecule has 1 atom stereocenters. The molecule has 1 aliphatic heterocycles. The van der Waals surface area contributed by atoms with Gasteiger partial charge in [-0.05, 0) is 35.4 Å². The van der Waals surface area contributed by atoms with E-state index in [2.05, 4.69) is 5.32 Å². The van der Waals surface area contributed by atoms with Gasteiger partial charge in [0.15, 0.2) is 0 Å². The monoisotopic (exact) mass is 360 g/mol. The second-order valence-electron chi connectivity index (χ2n) is 5.87. The normalized spacial score (nSPS) is 17.2. The van der Waals surface area contributed by atoms with Gasteiger partial charge in [0.25, 0.3) is 0 Å². The summed E-state index contributed by atoms with van der Waals surface area (Å²) in [7, 11) is 1.63. The summed E-state index contributed by atoms with van der Waals surface area (Å²) in [4.78, 5) is 14.2. The van der Waals surface area contributed by atoms with Crippen molar-refractivity contribution in [3.05, 3.63) is 64.7 Å². The van der Waals surface area contributed by atoms with Crippen LogP contribution in [0.5, 0.6) is 5.75 Å². The Balaban J connectivity index is 1.57. The number of nitrogens with one attached hydrogen (secondary N) is 1. The Morgan fingerprint density at radius 2 is 2.12 bits per heavy atom. The number of morpholine rings is 1. The molecule has 0 aliphatic carbocycles. The molecule has 1 saturated heterocycles. The van der Waals surface area contributed by atoms with Gasteiger partial charge in [0, 0.05) is 18.1 Å². The molecule has 5 nitrogen and oxygen atoms in total. The van der Waals surface area contributed by atoms with E-state index >= 15 is 0 Å². The molecule has 25 heavy (non-hydrogen) atoms. The number of amides is 2. The fourth-order valence-corrected chi connectivity index (χ4v) is 2.91. The topological polar surface area (TPSA) is 50.8 Å². The second kappa shape index (κ2) is 8.23. The molecule has 132 valence electrons. The van der Waals surface area contributed by atoms with E-state index in [1.165, 1.54) is 0 Å². The van der Waals surface area contributed by atoms with E-state index in [9.17, 15) is 4.79 Å². The molecule has 0 saturated carbocycles. The summed E-state index contributed by atoms with van der Waals surface area (Å²) in [5.74, 6) is 0.779. The van der Waals surface area contributed by atoms with Gasteiger partial charge in [0.1, 0.15) is 11.9 Å². The highest BCUT2D eigenvalue weighted by Gasteiger charge is 2.25. The molecule has 1 fully saturated rings. The van der Waals surface area contributed by atoms with Crippen molar-refractivity contribution in [3.63, 3.8) is 0 Å². The van der Waals surface area contributed by atoms with Gasteiger partial charge in [-0.3, -0.25) is 0 Å². The maximum absolute atomic E-state index is 12.5. The summed E-state index contributed by atoms with van der Waals surface area (Å²) in [6.07, 6.45) is -0.131. The Labute approximate surface area is 152 Å². The van der Waals surface area contributed by atoms with Crippen molar-refractivity contribution in [3.8, 4) is 5.75 Å². The molecule has 1 unspecified atom stereocenters. The Morgan fingerprint density at radius 3 is 2.88 bits per heavy atom. The van der Waals surface area contributed by atoms with Crippen LogP contribution in [-0.2, 0) is 11.3 Å². The number of halogens is 1. The number of benzene rings is 2. The summed E-state index contributed by atoms with van der Waals surface area (Å²) in [6, 6.07) is 15.1. The van der Waals surface area contributed by atoms with Crippen molar-refractivity contribution in [1.29, 1.82) is 0 Å². The zero-order chi connectivity index (χ0) is 17.6. The van der Waals surface area contributed by atoms with E-state index in [1.54, 1.807) is 12.0 Å². The highest BCUT2D eigenvalue weighted by molar-refractivity contribution is 6.30. The summed E-state index contributed by atoms with van der Waals surface area (Å²) in [6.45, 7) is 2.07. The number of nitrogens with zero attached hydrogens (tertiary/aromatic N) is 1. The molecule has 0 radical (unpaired) electrons. The van der Waals surface area contributed by atoms with Gasteiger partial charge in [-0.2, -0.15) is 0 Å². The van der Waals surface area contributed by atoms with Crippen molar-refractivity contribution >= 4 is 17.6 Å². The molecule has 3 rings (SSSR count). The minimum Gasteiger partial charge on any atom is -0.497 e. The average Bonchev–Trinajstić information content (AvgIpc) is 2.67. The molecular formula is C19H21ClN2O3. The Morgan fingerprint density at radius 1 is 1.32 bits per heavy atom. The predicted octanol–water partition coefficient (Wildman–Crippen LogP) is 3.63. The molecule has 1 heterocycles. The van der Waals surface area contributed by atoms with Gasteiger partial charge >= 0.3 is 6.03 Å². The number of carbonyl (C=O) groups excluding carboxylic acids is 1. The van der Waals surface area contributed by atoms with E-state index in [-0.39, 0.29) is 12.1 Å². The Hall–Kier alpha value is -2.24. The number of urea groups is 1. The fraction of sp³-hybridized carbons (Fsp3) is 0.316. The van der Waals surface area contributed by atoms with Crippen molar-refractivity contribution < 1.29 is 14.3 Å². The Kier molecular flexibility index (Phi) is 5.79. The summed E-state index contributed by atoms with van der Waals surface area (Å²) >= 11 is 5.93. The smallest absolute Gasteiger partial charge is 0.317 e. The SMILES string of the molecule is COc1cccc(CNC(=O)N2CCOC(c3ccc(Cl)cc3)C2)c1. The molecular weight excluding hydrogens is 340 g/mol. The van der Waals surface area contributed by atoms with Gasteiger partial charge < -0.3 is 19.7 Å². The molecule has 1 N–H and O–H groups in total. The van der Waals surface area contributed by atoms with Crippen LogP contribution in [0.1, 0.15) is 17.2 Å². The van der Waals surface area contributed by atoms with Crippen molar-refractivity contribution in [2.24, 2.45) is 0 Å². The van der Waals surface area contributed by atoms with Crippen LogP contribution in [0.4, 0.5) is 4.79 Å². The molecule has 2 amide bonds. The lowest BCUT2D eigenvalue weighted by atomic mass is 10.1. The van der Waals surface area contributed by atoms with Crippen LogP contribution in [0.3, 0.4) is 0 Å². The fourth-order valence-electron chi connectivity index (χ4n) is 2.78. The quantitative estimate of drug-likeness (QED) is 0.905. The van der Waals surface area contributed by atoms with Crippen molar-refractivity contribution in [2.45, 2.75) is 12.6 Å². The van der Waals surface area contributed by atoms with E-state index in [4.69, 9.17) is 21.1 Å². The average molecular weight is 361 g/mol. The first kappa shape index (κ1) is 17.6. The van der Waals surface area contributed by atoms with Gasteiger partial charge in [0.05, 0.1) is 20.3 Å². The van der Waals surface area contributed by atoms with Gasteiger partial charge in [-0.25, -0.2) is 4.79 Å². The highest BCUT2D eigenvalue weighted by Crippen LogP contribution is 2.23. The zero-order valence-electron chi connectivity index (χ0n) is 14.1. The molecule has 0 spiro atoms. The first-order valence-corrected chi connectivity index (χ1v) is 8.56. The summed E-state index contributed by atoms with van der Waals surface area (Å²) in [5.41, 5.74) is 2.02. The molecule has 2 aromatic carbocycles. The maximum Gasteiger partial charge on any atom is 0.317 e. The van der Waals surface area contributed by atoms with Crippen LogP contribution in [0.25, 0.3) is 0 Å². The third-order valence-electron chi connectivity index (χ3n) is 4.17. The van der Waals surface area contributed by atoms with Crippen LogP contribution in [-0.4, -0.2) is 37.7 Å². The molecule has 0 aromatic heterocycles. The van der Waals surface area contributed by atoms with Crippen LogP contribution in [0.15, 0.2) is 48.5 Å². The second-order valence-corrected chi connectivity index (χ2v) is 6.30. The number of rotatable bonds is 4. The predicted molar refractivity (Wildman–Crippen MR) is 96.9 cm³/mol. The van der Waals surface area contributed by atoms with Gasteiger partial charge in [0.2, 0.25) is 0 Å². The van der Waals surface area contributed by atoms with Crippen LogP contribution in [0, 0.1) is 0 Å². The maximum atomic E-state index is 12.5. The number of ether oxygens (including phenoxy) is 2. The Bertz CT molecular complexity index is 721. The van der Waals surface area contributed by atoms with Crippen LogP contribution >= 0.6 is 11.6 Å². The first-order chi connectivity index (χ1) is 12.2. The largest absolute Gasteiger partial charge is 0.497 e. The molecule has 2 aromatic rings.